The summed E-state index contributed by atoms with van der Waals surface area (Å²) in [4.78, 5) is 31.3. The van der Waals surface area contributed by atoms with Crippen LogP contribution in [0.3, 0.4) is 0 Å². The molecule has 1 N–H and O–H groups in total. The van der Waals surface area contributed by atoms with E-state index < -0.39 is 0 Å². The molecule has 1 aliphatic heterocycles. The Morgan fingerprint density at radius 2 is 1.76 bits per heavy atom. The number of nitrogens with one attached hydrogen (secondary N) is 1. The van der Waals surface area contributed by atoms with E-state index in [-0.39, 0.29) is 17.9 Å². The van der Waals surface area contributed by atoms with Gasteiger partial charge in [-0.05, 0) is 42.9 Å². The van der Waals surface area contributed by atoms with Crippen molar-refractivity contribution in [2.24, 2.45) is 5.92 Å². The summed E-state index contributed by atoms with van der Waals surface area (Å²) in [6, 6.07) is 17.7. The Kier molecular flexibility index (Phi) is 7.78. The topological polar surface area (TPSA) is 75.4 Å². The highest BCUT2D eigenvalue weighted by Gasteiger charge is 2.24. The van der Waals surface area contributed by atoms with Crippen molar-refractivity contribution >= 4 is 11.8 Å². The molecule has 0 saturated carbocycles. The molecule has 0 bridgehead atoms. The first-order valence-corrected chi connectivity index (χ1v) is 12.2. The molecule has 2 aromatic carbocycles. The maximum atomic E-state index is 12.7. The summed E-state index contributed by atoms with van der Waals surface area (Å²) in [5.74, 6) is 1.98. The normalized spacial score (nSPS) is 14.4. The van der Waals surface area contributed by atoms with Crippen LogP contribution in [0.2, 0.25) is 0 Å². The highest BCUT2D eigenvalue weighted by atomic mass is 16.4. The molecule has 0 radical (unpaired) electrons. The molecular formula is C28H33N3O3. The summed E-state index contributed by atoms with van der Waals surface area (Å²) in [6.45, 7) is 5.73. The lowest BCUT2D eigenvalue weighted by molar-refractivity contribution is -0.132. The Balaban J connectivity index is 1.22. The van der Waals surface area contributed by atoms with Crippen molar-refractivity contribution in [3.05, 3.63) is 77.8 Å². The van der Waals surface area contributed by atoms with Crippen molar-refractivity contribution in [3.8, 4) is 11.3 Å². The largest absolute Gasteiger partial charge is 0.441 e. The van der Waals surface area contributed by atoms with E-state index in [0.29, 0.717) is 43.3 Å². The van der Waals surface area contributed by atoms with Crippen LogP contribution in [-0.4, -0.2) is 40.8 Å². The Hall–Kier alpha value is -3.41. The number of benzene rings is 2. The highest BCUT2D eigenvalue weighted by molar-refractivity contribution is 5.94. The zero-order valence-corrected chi connectivity index (χ0v) is 20.0. The number of amides is 2. The SMILES string of the molecule is CC(C)Cc1ccc(-c2cnc(CCC(=O)N3CCC(NC(=O)c4ccccc4)CC3)o2)cc1. The molecule has 6 heteroatoms. The first-order valence-electron chi connectivity index (χ1n) is 12.2. The highest BCUT2D eigenvalue weighted by Crippen LogP contribution is 2.22. The van der Waals surface area contributed by atoms with E-state index >= 15 is 0 Å². The molecule has 4 rings (SSSR count). The van der Waals surface area contributed by atoms with Crippen molar-refractivity contribution in [3.63, 3.8) is 0 Å². The Morgan fingerprint density at radius 3 is 2.44 bits per heavy atom. The van der Waals surface area contributed by atoms with Crippen LogP contribution in [-0.2, 0) is 17.6 Å². The quantitative estimate of drug-likeness (QED) is 0.520. The lowest BCUT2D eigenvalue weighted by Crippen LogP contribution is -2.46. The van der Waals surface area contributed by atoms with E-state index in [9.17, 15) is 9.59 Å². The van der Waals surface area contributed by atoms with Crippen molar-refractivity contribution in [1.82, 2.24) is 15.2 Å². The van der Waals surface area contributed by atoms with Gasteiger partial charge in [0.2, 0.25) is 5.91 Å². The predicted octanol–water partition coefficient (Wildman–Crippen LogP) is 4.89. The molecule has 0 unspecified atom stereocenters. The van der Waals surface area contributed by atoms with E-state index in [2.05, 4.69) is 48.4 Å². The van der Waals surface area contributed by atoms with Crippen LogP contribution in [0.25, 0.3) is 11.3 Å². The molecular weight excluding hydrogens is 426 g/mol. The summed E-state index contributed by atoms with van der Waals surface area (Å²) in [5, 5.41) is 3.08. The lowest BCUT2D eigenvalue weighted by atomic mass is 10.0. The maximum absolute atomic E-state index is 12.7. The Morgan fingerprint density at radius 1 is 1.06 bits per heavy atom. The number of hydrogen-bond donors (Lipinski definition) is 1. The fourth-order valence-corrected chi connectivity index (χ4v) is 4.34. The molecule has 1 fully saturated rings. The minimum atomic E-state index is -0.0559. The molecule has 2 amide bonds. The van der Waals surface area contributed by atoms with Gasteiger partial charge >= 0.3 is 0 Å². The first kappa shape index (κ1) is 23.7. The van der Waals surface area contributed by atoms with Crippen LogP contribution in [0, 0.1) is 5.92 Å². The van der Waals surface area contributed by atoms with Gasteiger partial charge in [-0.15, -0.1) is 0 Å². The number of hydrogen-bond acceptors (Lipinski definition) is 4. The second-order valence-corrected chi connectivity index (χ2v) is 9.41. The summed E-state index contributed by atoms with van der Waals surface area (Å²) in [5.41, 5.74) is 2.97. The van der Waals surface area contributed by atoms with Gasteiger partial charge in [-0.3, -0.25) is 9.59 Å². The number of piperidine rings is 1. The van der Waals surface area contributed by atoms with Gasteiger partial charge in [-0.25, -0.2) is 4.98 Å². The van der Waals surface area contributed by atoms with Crippen LogP contribution in [0.4, 0.5) is 0 Å². The monoisotopic (exact) mass is 459 g/mol. The van der Waals surface area contributed by atoms with E-state index in [0.717, 1.165) is 30.6 Å². The number of rotatable bonds is 8. The Labute approximate surface area is 201 Å². The van der Waals surface area contributed by atoms with Gasteiger partial charge in [0.15, 0.2) is 11.7 Å². The predicted molar refractivity (Wildman–Crippen MR) is 132 cm³/mol. The smallest absolute Gasteiger partial charge is 0.251 e. The molecule has 0 spiro atoms. The Bertz CT molecular complexity index is 1080. The number of nitrogens with zero attached hydrogens (tertiary/aromatic N) is 2. The maximum Gasteiger partial charge on any atom is 0.251 e. The van der Waals surface area contributed by atoms with Crippen LogP contribution >= 0.6 is 0 Å². The lowest BCUT2D eigenvalue weighted by Gasteiger charge is -2.32. The van der Waals surface area contributed by atoms with Crippen LogP contribution < -0.4 is 5.32 Å². The average molecular weight is 460 g/mol. The summed E-state index contributed by atoms with van der Waals surface area (Å²) in [6.07, 6.45) is 5.17. The minimum Gasteiger partial charge on any atom is -0.441 e. The zero-order chi connectivity index (χ0) is 23.9. The number of oxazole rings is 1. The fraction of sp³-hybridized carbons (Fsp3) is 0.393. The third-order valence-electron chi connectivity index (χ3n) is 6.21. The summed E-state index contributed by atoms with van der Waals surface area (Å²) in [7, 11) is 0. The average Bonchev–Trinajstić information content (AvgIpc) is 3.33. The fourth-order valence-electron chi connectivity index (χ4n) is 4.34. The van der Waals surface area contributed by atoms with Crippen molar-refractivity contribution in [1.29, 1.82) is 0 Å². The van der Waals surface area contributed by atoms with Crippen molar-refractivity contribution < 1.29 is 14.0 Å². The number of likely N-dealkylation sites (tertiary alicyclic amines) is 1. The number of carbonyl (C=O) groups is 2. The zero-order valence-electron chi connectivity index (χ0n) is 20.0. The van der Waals surface area contributed by atoms with Gasteiger partial charge in [0, 0.05) is 43.1 Å². The number of aryl methyl sites for hydroxylation is 1. The third-order valence-corrected chi connectivity index (χ3v) is 6.21. The van der Waals surface area contributed by atoms with Gasteiger partial charge in [-0.2, -0.15) is 0 Å². The van der Waals surface area contributed by atoms with Gasteiger partial charge in [0.1, 0.15) is 0 Å². The summed E-state index contributed by atoms with van der Waals surface area (Å²) < 4.78 is 5.90. The van der Waals surface area contributed by atoms with Gasteiger partial charge in [0.25, 0.3) is 5.91 Å². The molecule has 34 heavy (non-hydrogen) atoms. The van der Waals surface area contributed by atoms with E-state index in [1.807, 2.05) is 35.2 Å². The number of aromatic nitrogens is 1. The second kappa shape index (κ2) is 11.1. The molecule has 0 atom stereocenters. The second-order valence-electron chi connectivity index (χ2n) is 9.41. The molecule has 1 saturated heterocycles. The van der Waals surface area contributed by atoms with Crippen molar-refractivity contribution in [2.45, 2.75) is 52.0 Å². The minimum absolute atomic E-state index is 0.0559. The molecule has 3 aromatic rings. The number of carbonyl (C=O) groups excluding carboxylic acids is 2. The molecule has 178 valence electrons. The van der Waals surface area contributed by atoms with Gasteiger partial charge in [-0.1, -0.05) is 56.3 Å². The van der Waals surface area contributed by atoms with Gasteiger partial charge < -0.3 is 14.6 Å². The van der Waals surface area contributed by atoms with Crippen LogP contribution in [0.1, 0.15) is 54.9 Å². The van der Waals surface area contributed by atoms with E-state index in [4.69, 9.17) is 4.42 Å². The standard InChI is InChI=1S/C28H33N3O3/c1-20(2)18-21-8-10-22(11-9-21)25-19-29-26(34-25)12-13-27(32)31-16-14-24(15-17-31)30-28(33)23-6-4-3-5-7-23/h3-11,19-20,24H,12-18H2,1-2H3,(H,30,33). The molecule has 1 aromatic heterocycles. The molecule has 2 heterocycles. The first-order chi connectivity index (χ1) is 16.5. The molecule has 6 nitrogen and oxygen atoms in total. The van der Waals surface area contributed by atoms with Gasteiger partial charge in [0.05, 0.1) is 6.20 Å². The third kappa shape index (κ3) is 6.34. The van der Waals surface area contributed by atoms with E-state index in [1.165, 1.54) is 5.56 Å². The van der Waals surface area contributed by atoms with E-state index in [1.54, 1.807) is 6.20 Å². The van der Waals surface area contributed by atoms with Crippen molar-refractivity contribution in [2.75, 3.05) is 13.1 Å². The van der Waals surface area contributed by atoms with Crippen LogP contribution in [0.15, 0.2) is 65.2 Å². The molecule has 1 aliphatic rings. The molecule has 0 aliphatic carbocycles. The summed E-state index contributed by atoms with van der Waals surface area (Å²) >= 11 is 0. The van der Waals surface area contributed by atoms with Crippen LogP contribution in [0.5, 0.6) is 0 Å².